The van der Waals surface area contributed by atoms with Crippen LogP contribution in [0.4, 0.5) is 14.6 Å². The average molecular weight is 557 g/mol. The molecule has 0 bridgehead atoms. The van der Waals surface area contributed by atoms with Crippen molar-refractivity contribution < 1.29 is 26.7 Å². The van der Waals surface area contributed by atoms with Gasteiger partial charge in [0, 0.05) is 25.2 Å². The van der Waals surface area contributed by atoms with Gasteiger partial charge in [0.2, 0.25) is 15.9 Å². The number of nitrogens with zero attached hydrogens (tertiary/aromatic N) is 3. The minimum Gasteiger partial charge on any atom is -0.618 e. The molecule has 0 saturated heterocycles. The fraction of sp³-hybridized carbons (Fsp3) is 0.273. The second-order valence-corrected chi connectivity index (χ2v) is 10.1. The molecule has 0 atom stereocenters. The Morgan fingerprint density at radius 3 is 2.46 bits per heavy atom. The number of hydrogen-bond acceptors (Lipinski definition) is 7. The summed E-state index contributed by atoms with van der Waals surface area (Å²) in [7, 11) is -3.42. The number of pyridine rings is 1. The number of benzene rings is 1. The summed E-state index contributed by atoms with van der Waals surface area (Å²) in [5.41, 5.74) is -0.457. The number of rotatable bonds is 11. The lowest BCUT2D eigenvalue weighted by Crippen LogP contribution is -2.41. The molecule has 15 heteroatoms. The van der Waals surface area contributed by atoms with Crippen molar-refractivity contribution in [3.8, 4) is 0 Å². The van der Waals surface area contributed by atoms with Crippen molar-refractivity contribution >= 4 is 33.3 Å². The van der Waals surface area contributed by atoms with E-state index >= 15 is 0 Å². The lowest BCUT2D eigenvalue weighted by molar-refractivity contribution is -0.624. The van der Waals surface area contributed by atoms with E-state index in [1.54, 1.807) is 24.3 Å². The lowest BCUT2D eigenvalue weighted by Gasteiger charge is -2.17. The summed E-state index contributed by atoms with van der Waals surface area (Å²) < 4.78 is 55.0. The molecule has 11 nitrogen and oxygen atoms in total. The number of carbonyl (C=O) groups excluding carboxylic acids is 1. The number of hydrogen-bond donors (Lipinski definition) is 3. The summed E-state index contributed by atoms with van der Waals surface area (Å²) in [6, 6.07) is 10.4. The molecule has 3 rings (SSSR count). The predicted molar refractivity (Wildman–Crippen MR) is 131 cm³/mol. The molecular formula is C22H23ClF2N6O5S. The zero-order valence-corrected chi connectivity index (χ0v) is 21.0. The quantitative estimate of drug-likeness (QED) is 0.236. The Kier molecular flexibility index (Phi) is 8.78. The van der Waals surface area contributed by atoms with E-state index < -0.39 is 52.0 Å². The molecule has 2 heterocycles. The number of amides is 1. The molecule has 3 aromatic rings. The van der Waals surface area contributed by atoms with E-state index in [2.05, 4.69) is 20.3 Å². The van der Waals surface area contributed by atoms with Gasteiger partial charge in [0.15, 0.2) is 12.0 Å². The molecule has 0 unspecified atom stereocenters. The summed E-state index contributed by atoms with van der Waals surface area (Å²) in [6.45, 7) is -1.58. The Hall–Kier alpha value is -3.62. The maximum absolute atomic E-state index is 14.5. The maximum Gasteiger partial charge on any atom is 0.347 e. The Morgan fingerprint density at radius 1 is 1.16 bits per heavy atom. The SMILES string of the molecule is CS(=O)(=O)NCc1ccccc1CNC(=O)Cn1c(Cl)cnc(NCC(F)(F)c2cccc[n+]2[O-])c1=O. The Labute approximate surface area is 215 Å². The van der Waals surface area contributed by atoms with Crippen LogP contribution in [0.3, 0.4) is 0 Å². The van der Waals surface area contributed by atoms with Crippen LogP contribution in [0.2, 0.25) is 5.15 Å². The number of halogens is 3. The minimum atomic E-state index is -3.63. The summed E-state index contributed by atoms with van der Waals surface area (Å²) in [5.74, 6) is -4.73. The molecule has 37 heavy (non-hydrogen) atoms. The van der Waals surface area contributed by atoms with Crippen molar-refractivity contribution in [2.45, 2.75) is 25.6 Å². The van der Waals surface area contributed by atoms with Gasteiger partial charge in [-0.1, -0.05) is 35.9 Å². The fourth-order valence-corrected chi connectivity index (χ4v) is 3.84. The monoisotopic (exact) mass is 556 g/mol. The van der Waals surface area contributed by atoms with Gasteiger partial charge in [-0.25, -0.2) is 18.1 Å². The van der Waals surface area contributed by atoms with Crippen LogP contribution >= 0.6 is 11.6 Å². The highest BCUT2D eigenvalue weighted by atomic mass is 35.5. The zero-order valence-electron chi connectivity index (χ0n) is 19.4. The van der Waals surface area contributed by atoms with Gasteiger partial charge < -0.3 is 15.8 Å². The smallest absolute Gasteiger partial charge is 0.347 e. The minimum absolute atomic E-state index is 0.0228. The van der Waals surface area contributed by atoms with Gasteiger partial charge in [-0.2, -0.15) is 13.5 Å². The van der Waals surface area contributed by atoms with Gasteiger partial charge in [0.25, 0.3) is 11.3 Å². The highest BCUT2D eigenvalue weighted by molar-refractivity contribution is 7.88. The molecule has 2 aromatic heterocycles. The van der Waals surface area contributed by atoms with Crippen LogP contribution in [0.1, 0.15) is 16.8 Å². The summed E-state index contributed by atoms with van der Waals surface area (Å²) >= 11 is 6.01. The zero-order chi connectivity index (χ0) is 27.2. The average Bonchev–Trinajstić information content (AvgIpc) is 2.83. The molecule has 198 valence electrons. The number of sulfonamides is 1. The van der Waals surface area contributed by atoms with Gasteiger partial charge in [-0.05, 0) is 17.2 Å². The van der Waals surface area contributed by atoms with Crippen molar-refractivity contribution in [3.63, 3.8) is 0 Å². The molecule has 3 N–H and O–H groups in total. The van der Waals surface area contributed by atoms with Crippen molar-refractivity contribution in [1.82, 2.24) is 19.6 Å². The van der Waals surface area contributed by atoms with Crippen molar-refractivity contribution in [1.29, 1.82) is 0 Å². The van der Waals surface area contributed by atoms with Gasteiger partial charge in [0.05, 0.1) is 19.0 Å². The highest BCUT2D eigenvalue weighted by Gasteiger charge is 2.39. The number of alkyl halides is 2. The molecule has 0 aliphatic rings. The molecule has 1 aromatic carbocycles. The first-order valence-corrected chi connectivity index (χ1v) is 13.0. The van der Waals surface area contributed by atoms with Crippen LogP contribution in [0.5, 0.6) is 0 Å². The second kappa shape index (κ2) is 11.6. The van der Waals surface area contributed by atoms with E-state index in [1.165, 1.54) is 12.1 Å². The van der Waals surface area contributed by atoms with Gasteiger partial charge >= 0.3 is 5.92 Å². The number of aromatic nitrogens is 3. The number of carbonyl (C=O) groups is 1. The van der Waals surface area contributed by atoms with Crippen LogP contribution in [-0.4, -0.2) is 36.7 Å². The van der Waals surface area contributed by atoms with E-state index in [0.717, 1.165) is 29.3 Å². The third-order valence-corrected chi connectivity index (χ3v) is 6.07. The molecule has 0 fully saturated rings. The van der Waals surface area contributed by atoms with Gasteiger partial charge in [0.1, 0.15) is 11.7 Å². The molecule has 0 aliphatic heterocycles. The number of anilines is 1. The molecule has 0 aliphatic carbocycles. The van der Waals surface area contributed by atoms with E-state index in [1.807, 2.05) is 0 Å². The van der Waals surface area contributed by atoms with E-state index in [9.17, 15) is 32.0 Å². The second-order valence-electron chi connectivity index (χ2n) is 7.93. The van der Waals surface area contributed by atoms with E-state index in [4.69, 9.17) is 11.6 Å². The summed E-state index contributed by atoms with van der Waals surface area (Å²) in [6.07, 6.45) is 2.98. The molecule has 0 spiro atoms. The van der Waals surface area contributed by atoms with Gasteiger partial charge in [-0.3, -0.25) is 14.2 Å². The molecule has 0 radical (unpaired) electrons. The maximum atomic E-state index is 14.5. The fourth-order valence-electron chi connectivity index (χ4n) is 3.24. The largest absolute Gasteiger partial charge is 0.618 e. The lowest BCUT2D eigenvalue weighted by atomic mass is 10.1. The highest BCUT2D eigenvalue weighted by Crippen LogP contribution is 2.25. The number of nitrogens with one attached hydrogen (secondary N) is 3. The first kappa shape index (κ1) is 28.0. The van der Waals surface area contributed by atoms with Crippen molar-refractivity contribution in [2.75, 3.05) is 18.1 Å². The van der Waals surface area contributed by atoms with Crippen LogP contribution in [0.25, 0.3) is 0 Å². The summed E-state index contributed by atoms with van der Waals surface area (Å²) in [4.78, 5) is 29.0. The molecule has 1 amide bonds. The first-order valence-electron chi connectivity index (χ1n) is 10.7. The van der Waals surface area contributed by atoms with Crippen LogP contribution in [-0.2, 0) is 40.4 Å². The topological polar surface area (TPSA) is 149 Å². The third kappa shape index (κ3) is 7.68. The van der Waals surface area contributed by atoms with E-state index in [-0.39, 0.29) is 23.0 Å². The first-order chi connectivity index (χ1) is 17.4. The third-order valence-electron chi connectivity index (χ3n) is 5.10. The van der Waals surface area contributed by atoms with Crippen LogP contribution < -0.4 is 25.6 Å². The van der Waals surface area contributed by atoms with Gasteiger partial charge in [-0.15, -0.1) is 0 Å². The standard InChI is InChI=1S/C22H23ClF2N6O5S/c1-37(35,36)29-11-16-7-3-2-6-15(16)10-26-19(32)13-30-18(23)12-27-20(21(30)33)28-14-22(24,25)17-8-4-5-9-31(17)34/h2-9,12,29H,10-11,13-14H2,1H3,(H,26,32)(H,27,28). The van der Waals surface area contributed by atoms with Crippen LogP contribution in [0, 0.1) is 5.21 Å². The Morgan fingerprint density at radius 2 is 1.81 bits per heavy atom. The normalized spacial score (nSPS) is 11.8. The predicted octanol–water partition coefficient (Wildman–Crippen LogP) is 1.10. The molecular weight excluding hydrogens is 534 g/mol. The van der Waals surface area contributed by atoms with Crippen molar-refractivity contribution in [2.24, 2.45) is 0 Å². The summed E-state index contributed by atoms with van der Waals surface area (Å²) in [5, 5.41) is 16.3. The van der Waals surface area contributed by atoms with E-state index in [0.29, 0.717) is 11.1 Å². The Balaban J connectivity index is 1.68. The van der Waals surface area contributed by atoms with Crippen molar-refractivity contribution in [3.05, 3.63) is 92.4 Å². The Bertz CT molecular complexity index is 1450. The molecule has 0 saturated carbocycles. The van der Waals surface area contributed by atoms with Crippen LogP contribution in [0.15, 0.2) is 59.7 Å².